The normalized spacial score (nSPS) is 10.9. The molecule has 0 aliphatic heterocycles. The maximum Gasteiger partial charge on any atom is 0.416 e. The van der Waals surface area contributed by atoms with Gasteiger partial charge in [0.15, 0.2) is 17.9 Å². The number of nitrogen functional groups attached to an aromatic ring is 1. The number of hydrazone groups is 1. The quantitative estimate of drug-likeness (QED) is 0.0280. The Kier molecular flexibility index (Phi) is 20.7. The smallest absolute Gasteiger partial charge is 0.354 e. The Balaban J connectivity index is 0.000000213. The van der Waals surface area contributed by atoms with Crippen LogP contribution in [0, 0.1) is 11.6 Å². The van der Waals surface area contributed by atoms with Gasteiger partial charge in [0.05, 0.1) is 47.3 Å². The third kappa shape index (κ3) is 16.9. The number of alkyl halides is 6. The number of aromatic nitrogens is 8. The predicted molar refractivity (Wildman–Crippen MR) is 297 cm³/mol. The predicted octanol–water partition coefficient (Wildman–Crippen LogP) is 14.4. The lowest BCUT2D eigenvalue weighted by molar-refractivity contribution is -0.138. The molecule has 0 fully saturated rings. The largest absolute Gasteiger partial charge is 0.416 e. The van der Waals surface area contributed by atoms with Crippen molar-refractivity contribution >= 4 is 35.8 Å². The monoisotopic (exact) mass is 1110 g/mol. The fourth-order valence-corrected chi connectivity index (χ4v) is 7.33. The van der Waals surface area contributed by atoms with Gasteiger partial charge in [-0.05, 0) is 83.3 Å². The summed E-state index contributed by atoms with van der Waals surface area (Å²) < 4.78 is 105. The molecule has 4 aromatic carbocycles. The van der Waals surface area contributed by atoms with E-state index in [2.05, 4.69) is 61.1 Å². The highest BCUT2D eigenvalue weighted by molar-refractivity contribution is 5.78. The van der Waals surface area contributed by atoms with Gasteiger partial charge in [-0.2, -0.15) is 31.4 Å². The summed E-state index contributed by atoms with van der Waals surface area (Å²) in [5, 5.41) is 6.93. The van der Waals surface area contributed by atoms with Crippen molar-refractivity contribution in [1.29, 1.82) is 0 Å². The third-order valence-electron chi connectivity index (χ3n) is 11.1. The highest BCUT2D eigenvalue weighted by Crippen LogP contribution is 2.33. The molecule has 0 radical (unpaired) electrons. The number of benzene rings is 4. The van der Waals surface area contributed by atoms with Crippen molar-refractivity contribution in [2.75, 3.05) is 16.2 Å². The van der Waals surface area contributed by atoms with E-state index in [0.717, 1.165) is 64.5 Å². The summed E-state index contributed by atoms with van der Waals surface area (Å²) >= 11 is 0. The Morgan fingerprint density at radius 2 is 1.01 bits per heavy atom. The zero-order chi connectivity index (χ0) is 55.8. The molecular weight excluding hydrogens is 1060 g/mol. The number of pyridine rings is 4. The number of nitrogens with two attached hydrogens (primary N) is 1. The van der Waals surface area contributed by atoms with E-state index in [1.807, 2.05) is 66.7 Å². The average molecular weight is 1110 g/mol. The molecule has 10 rings (SSSR count). The van der Waals surface area contributed by atoms with E-state index >= 15 is 0 Å². The molecule has 0 aliphatic rings. The lowest BCUT2D eigenvalue weighted by Crippen LogP contribution is -2.11. The standard InChI is InChI=1S/C28H19F4N7.C15H12FN5.C14H10F3NO.2CH4/c29-25-17-35-27(38-26(25)20-11-19(13-33-14-20)18-5-2-1-3-6-18)39-36-16-23-9-10-24(15-34-23)37-22-8-4-7-21(12-22)28(30,31)32;16-13-9-19-15(21-17)20-14(13)12-6-11(7-18-8-12)10-4-2-1-3-5-10;15-14(16,17)12-3-1-2-10(7-12)6-11-4-5-13(9-19)18-8-11;;/h1-17,37H,(H,35,38,39);1-9H,17H2,(H,19,20,21);1-5,7-9H,6H2;2*1H4/b36-16+;;;;. The van der Waals surface area contributed by atoms with Crippen molar-refractivity contribution in [2.24, 2.45) is 10.9 Å². The molecule has 0 unspecified atom stereocenters. The van der Waals surface area contributed by atoms with Gasteiger partial charge in [0.25, 0.3) is 0 Å². The van der Waals surface area contributed by atoms with Crippen molar-refractivity contribution < 1.29 is 39.9 Å². The summed E-state index contributed by atoms with van der Waals surface area (Å²) in [6.45, 7) is 0. The minimum absolute atomic E-state index is 0. The molecule has 14 nitrogen and oxygen atoms in total. The Hall–Kier alpha value is -10.2. The van der Waals surface area contributed by atoms with E-state index in [4.69, 9.17) is 5.84 Å². The Bertz CT molecular complexity index is 3670. The Labute approximate surface area is 460 Å². The van der Waals surface area contributed by atoms with Gasteiger partial charge in [0.1, 0.15) is 17.1 Å². The van der Waals surface area contributed by atoms with Gasteiger partial charge < -0.3 is 5.32 Å². The van der Waals surface area contributed by atoms with E-state index in [9.17, 15) is 39.9 Å². The van der Waals surface area contributed by atoms with Crippen LogP contribution in [0.1, 0.15) is 53.3 Å². The van der Waals surface area contributed by atoms with Gasteiger partial charge in [-0.25, -0.2) is 40.0 Å². The summed E-state index contributed by atoms with van der Waals surface area (Å²) in [6.07, 6.45) is 5.15. The molecule has 6 aromatic heterocycles. The minimum atomic E-state index is -4.43. The molecular formula is C59H49F8N13O. The number of hydrogen-bond donors (Lipinski definition) is 4. The van der Waals surface area contributed by atoms with Gasteiger partial charge in [0.2, 0.25) is 11.9 Å². The fourth-order valence-electron chi connectivity index (χ4n) is 7.33. The van der Waals surface area contributed by atoms with E-state index in [1.165, 1.54) is 49.1 Å². The first-order chi connectivity index (χ1) is 38.1. The topological polar surface area (TPSA) is 195 Å². The van der Waals surface area contributed by atoms with Gasteiger partial charge in [0, 0.05) is 58.9 Å². The molecule has 0 saturated heterocycles. The summed E-state index contributed by atoms with van der Waals surface area (Å²) in [6, 6.07) is 39.5. The number of aldehydes is 1. The lowest BCUT2D eigenvalue weighted by atomic mass is 10.0. The molecule has 22 heteroatoms. The van der Waals surface area contributed by atoms with Gasteiger partial charge in [-0.15, -0.1) is 0 Å². The number of rotatable bonds is 13. The van der Waals surface area contributed by atoms with Gasteiger partial charge >= 0.3 is 12.4 Å². The molecule has 0 amide bonds. The zero-order valence-electron chi connectivity index (χ0n) is 40.9. The zero-order valence-corrected chi connectivity index (χ0v) is 40.9. The number of anilines is 4. The van der Waals surface area contributed by atoms with Crippen LogP contribution in [-0.2, 0) is 18.8 Å². The van der Waals surface area contributed by atoms with Crippen molar-refractivity contribution in [1.82, 2.24) is 39.9 Å². The number of carbonyl (C=O) groups is 1. The SMILES string of the molecule is C.C.Fc1cnc(N/N=C/c2ccc(Nc3cccc(C(F)(F)F)c3)cn2)nc1-c1cncc(-c2ccccc2)c1.NNc1ncc(F)c(-c2cncc(-c3ccccc3)c2)n1.O=Cc1ccc(Cc2cccc(C(F)(F)F)c2)cn1. The van der Waals surface area contributed by atoms with Crippen LogP contribution < -0.4 is 22.0 Å². The molecule has 81 heavy (non-hydrogen) atoms. The highest BCUT2D eigenvalue weighted by Gasteiger charge is 2.31. The molecule has 0 bridgehead atoms. The maximum absolute atomic E-state index is 14.6. The van der Waals surface area contributed by atoms with E-state index in [1.54, 1.807) is 48.9 Å². The van der Waals surface area contributed by atoms with Crippen LogP contribution in [-0.4, -0.2) is 52.4 Å². The second-order valence-electron chi connectivity index (χ2n) is 16.7. The summed E-state index contributed by atoms with van der Waals surface area (Å²) in [4.78, 5) is 42.8. The highest BCUT2D eigenvalue weighted by atomic mass is 19.4. The van der Waals surface area contributed by atoms with Gasteiger partial charge in [-0.1, -0.05) is 106 Å². The van der Waals surface area contributed by atoms with Crippen LogP contribution in [0.4, 0.5) is 58.4 Å². The molecule has 0 saturated carbocycles. The van der Waals surface area contributed by atoms with Crippen molar-refractivity contribution in [3.63, 3.8) is 0 Å². The van der Waals surface area contributed by atoms with Crippen molar-refractivity contribution in [3.8, 4) is 44.8 Å². The minimum Gasteiger partial charge on any atom is -0.354 e. The van der Waals surface area contributed by atoms with Crippen LogP contribution in [0.5, 0.6) is 0 Å². The second-order valence-corrected chi connectivity index (χ2v) is 16.7. The lowest BCUT2D eigenvalue weighted by Gasteiger charge is -2.10. The Morgan fingerprint density at radius 3 is 1.54 bits per heavy atom. The van der Waals surface area contributed by atoms with Crippen LogP contribution in [0.2, 0.25) is 0 Å². The second kappa shape index (κ2) is 27.9. The Morgan fingerprint density at radius 1 is 0.481 bits per heavy atom. The first kappa shape index (κ1) is 60.0. The summed E-state index contributed by atoms with van der Waals surface area (Å²) in [7, 11) is 0. The molecule has 10 aromatic rings. The molecule has 5 N–H and O–H groups in total. The van der Waals surface area contributed by atoms with Crippen LogP contribution in [0.3, 0.4) is 0 Å². The fraction of sp³-hybridized carbons (Fsp3) is 0.0847. The van der Waals surface area contributed by atoms with E-state index in [-0.39, 0.29) is 43.8 Å². The van der Waals surface area contributed by atoms with Crippen LogP contribution in [0.25, 0.3) is 44.8 Å². The molecule has 0 atom stereocenters. The maximum atomic E-state index is 14.6. The van der Waals surface area contributed by atoms with Crippen molar-refractivity contribution in [2.45, 2.75) is 33.6 Å². The van der Waals surface area contributed by atoms with Crippen LogP contribution >= 0.6 is 0 Å². The first-order valence-electron chi connectivity index (χ1n) is 23.4. The van der Waals surface area contributed by atoms with Gasteiger partial charge in [-0.3, -0.25) is 30.2 Å². The molecule has 6 heterocycles. The molecule has 0 aliphatic carbocycles. The third-order valence-corrected chi connectivity index (χ3v) is 11.1. The number of carbonyl (C=O) groups excluding carboxylic acids is 1. The summed E-state index contributed by atoms with van der Waals surface area (Å²) in [5.74, 6) is 4.33. The van der Waals surface area contributed by atoms with Crippen LogP contribution in [0.15, 0.2) is 200 Å². The average Bonchev–Trinajstić information content (AvgIpc) is 3.49. The number of hydrazine groups is 1. The van der Waals surface area contributed by atoms with E-state index < -0.39 is 35.1 Å². The molecule has 0 spiro atoms. The molecule has 412 valence electrons. The van der Waals surface area contributed by atoms with Crippen molar-refractivity contribution in [3.05, 3.63) is 240 Å². The number of nitrogens with zero attached hydrogens (tertiary/aromatic N) is 9. The first-order valence-corrected chi connectivity index (χ1v) is 23.4. The van der Waals surface area contributed by atoms with E-state index in [0.29, 0.717) is 46.5 Å². The summed E-state index contributed by atoms with van der Waals surface area (Å²) in [5.41, 5.74) is 11.3. The number of hydrogen-bond acceptors (Lipinski definition) is 14. The number of halogens is 8. The number of nitrogens with one attached hydrogen (secondary N) is 3.